The highest BCUT2D eigenvalue weighted by molar-refractivity contribution is 7.96. The van der Waals surface area contributed by atoms with Crippen molar-refractivity contribution in [1.29, 1.82) is 0 Å². The Balaban J connectivity index is 1.78. The van der Waals surface area contributed by atoms with Crippen LogP contribution >= 0.6 is 0 Å². The molecule has 0 spiro atoms. The Kier molecular flexibility index (Phi) is 4.87. The molecule has 3 rings (SSSR count). The Morgan fingerprint density at radius 3 is 1.81 bits per heavy atom. The second-order valence-electron chi connectivity index (χ2n) is 5.94. The summed E-state index contributed by atoms with van der Waals surface area (Å²) in [6.07, 6.45) is 0.780. The molecule has 0 aromatic heterocycles. The fourth-order valence-electron chi connectivity index (χ4n) is 2.35. The predicted octanol–water partition coefficient (Wildman–Crippen LogP) is 2.48. The number of imide groups is 1. The lowest BCUT2D eigenvalue weighted by Crippen LogP contribution is -2.24. The van der Waals surface area contributed by atoms with Crippen LogP contribution in [0.2, 0.25) is 0 Å². The van der Waals surface area contributed by atoms with Gasteiger partial charge in [-0.2, -0.15) is 10.2 Å². The molecule has 1 heterocycles. The van der Waals surface area contributed by atoms with Crippen LogP contribution in [0.1, 0.15) is 0 Å². The molecule has 8 nitrogen and oxygen atoms in total. The number of nitrogens with zero attached hydrogens (tertiary/aromatic N) is 3. The van der Waals surface area contributed by atoms with E-state index in [2.05, 4.69) is 10.2 Å². The van der Waals surface area contributed by atoms with E-state index in [-0.39, 0.29) is 4.90 Å². The average molecular weight is 384 g/mol. The summed E-state index contributed by atoms with van der Waals surface area (Å²) < 4.78 is 24.9. The minimum atomic E-state index is -4.07. The molecule has 2 aromatic rings. The maximum Gasteiger partial charge on any atom is 0.270 e. The molecule has 0 radical (unpaired) electrons. The topological polar surface area (TPSA) is 108 Å². The first-order chi connectivity index (χ1) is 12.8. The van der Waals surface area contributed by atoms with Gasteiger partial charge in [0.25, 0.3) is 11.8 Å². The molecular weight excluding hydrogens is 368 g/mol. The summed E-state index contributed by atoms with van der Waals surface area (Å²) in [6.45, 7) is 0. The van der Waals surface area contributed by atoms with E-state index in [0.29, 0.717) is 11.4 Å². The maximum atomic E-state index is 12.4. The van der Waals surface area contributed by atoms with Gasteiger partial charge in [-0.05, 0) is 48.5 Å². The third kappa shape index (κ3) is 3.93. The molecule has 0 saturated heterocycles. The first-order valence-electron chi connectivity index (χ1n) is 7.89. The second kappa shape index (κ2) is 7.12. The van der Waals surface area contributed by atoms with Crippen molar-refractivity contribution in [3.8, 4) is 0 Å². The van der Waals surface area contributed by atoms with Crippen LogP contribution in [0.3, 0.4) is 0 Å². The highest BCUT2D eigenvalue weighted by atomic mass is 32.2. The normalized spacial score (nSPS) is 14.4. The van der Waals surface area contributed by atoms with Gasteiger partial charge < -0.3 is 4.90 Å². The maximum absolute atomic E-state index is 12.4. The average Bonchev–Trinajstić information content (AvgIpc) is 2.99. The summed E-state index contributed by atoms with van der Waals surface area (Å²) in [6, 6.07) is 13.0. The number of rotatable bonds is 5. The van der Waals surface area contributed by atoms with Crippen LogP contribution in [-0.2, 0) is 19.4 Å². The zero-order chi connectivity index (χ0) is 19.6. The lowest BCUT2D eigenvalue weighted by atomic mass is 10.3. The molecule has 27 heavy (non-hydrogen) atoms. The van der Waals surface area contributed by atoms with E-state index in [9.17, 15) is 18.0 Å². The molecule has 1 aliphatic heterocycles. The number of benzene rings is 2. The summed E-state index contributed by atoms with van der Waals surface area (Å²) in [4.78, 5) is 24.0. The van der Waals surface area contributed by atoms with Gasteiger partial charge in [0.1, 0.15) is 4.91 Å². The van der Waals surface area contributed by atoms with Crippen LogP contribution in [0.4, 0.5) is 17.1 Å². The van der Waals surface area contributed by atoms with Gasteiger partial charge in [0.05, 0.1) is 16.3 Å². The van der Waals surface area contributed by atoms with E-state index in [4.69, 9.17) is 0 Å². The number of azo groups is 1. The first kappa shape index (κ1) is 18.5. The summed E-state index contributed by atoms with van der Waals surface area (Å²) in [7, 11) is -0.191. The third-order valence-corrected chi connectivity index (χ3v) is 5.58. The minimum Gasteiger partial charge on any atom is -0.378 e. The number of anilines is 1. The van der Waals surface area contributed by atoms with Gasteiger partial charge in [0, 0.05) is 25.9 Å². The van der Waals surface area contributed by atoms with Crippen LogP contribution in [0, 0.1) is 0 Å². The molecule has 2 amide bonds. The molecule has 0 unspecified atom stereocenters. The Morgan fingerprint density at radius 2 is 1.37 bits per heavy atom. The van der Waals surface area contributed by atoms with Crippen molar-refractivity contribution in [3.05, 3.63) is 59.5 Å². The molecule has 1 aliphatic rings. The monoisotopic (exact) mass is 384 g/mol. The van der Waals surface area contributed by atoms with Gasteiger partial charge in [-0.15, -0.1) is 0 Å². The van der Waals surface area contributed by atoms with Crippen molar-refractivity contribution in [3.63, 3.8) is 0 Å². The largest absolute Gasteiger partial charge is 0.378 e. The Bertz CT molecular complexity index is 1050. The zero-order valence-corrected chi connectivity index (χ0v) is 15.4. The quantitative estimate of drug-likeness (QED) is 0.629. The van der Waals surface area contributed by atoms with E-state index >= 15 is 0 Å². The lowest BCUT2D eigenvalue weighted by molar-refractivity contribution is -0.123. The number of carbonyl (C=O) groups is 2. The predicted molar refractivity (Wildman–Crippen MR) is 99.8 cm³/mol. The van der Waals surface area contributed by atoms with Gasteiger partial charge in [-0.1, -0.05) is 0 Å². The molecule has 1 N–H and O–H groups in total. The number of hydrogen-bond acceptors (Lipinski definition) is 7. The smallest absolute Gasteiger partial charge is 0.270 e. The number of amides is 2. The van der Waals surface area contributed by atoms with Crippen molar-refractivity contribution < 1.29 is 18.0 Å². The van der Waals surface area contributed by atoms with Crippen molar-refractivity contribution in [2.45, 2.75) is 4.90 Å². The first-order valence-corrected chi connectivity index (χ1v) is 9.37. The second-order valence-corrected chi connectivity index (χ2v) is 7.85. The van der Waals surface area contributed by atoms with Crippen LogP contribution in [0.15, 0.2) is 74.6 Å². The summed E-state index contributed by atoms with van der Waals surface area (Å²) in [5.74, 6) is -1.67. The van der Waals surface area contributed by atoms with Gasteiger partial charge in [-0.3, -0.25) is 14.9 Å². The molecule has 2 aromatic carbocycles. The van der Waals surface area contributed by atoms with E-state index in [1.807, 2.05) is 48.6 Å². The van der Waals surface area contributed by atoms with Gasteiger partial charge in [0.15, 0.2) is 0 Å². The van der Waals surface area contributed by atoms with Crippen molar-refractivity contribution in [2.75, 3.05) is 19.0 Å². The van der Waals surface area contributed by atoms with Crippen molar-refractivity contribution >= 4 is 38.7 Å². The SMILES string of the molecule is CN(C)c1ccc(N=Nc2ccc(S(=O)(=O)C3=CC(=O)NC3=O)cc2)cc1. The number of hydrogen-bond donors (Lipinski definition) is 1. The van der Waals surface area contributed by atoms with Gasteiger partial charge in [0.2, 0.25) is 9.84 Å². The fourth-order valence-corrected chi connectivity index (χ4v) is 3.65. The highest BCUT2D eigenvalue weighted by Crippen LogP contribution is 2.25. The highest BCUT2D eigenvalue weighted by Gasteiger charge is 2.33. The summed E-state index contributed by atoms with van der Waals surface area (Å²) >= 11 is 0. The molecular formula is C18H16N4O4S. The Morgan fingerprint density at radius 1 is 0.852 bits per heavy atom. The third-order valence-electron chi connectivity index (χ3n) is 3.81. The van der Waals surface area contributed by atoms with Gasteiger partial charge in [-0.25, -0.2) is 8.42 Å². The Labute approximate surface area is 156 Å². The summed E-state index contributed by atoms with van der Waals surface area (Å²) in [5.41, 5.74) is 2.14. The van der Waals surface area contributed by atoms with Crippen molar-refractivity contribution in [2.24, 2.45) is 10.2 Å². The minimum absolute atomic E-state index is 0.104. The van der Waals surface area contributed by atoms with E-state index in [1.165, 1.54) is 24.3 Å². The zero-order valence-electron chi connectivity index (χ0n) is 14.6. The van der Waals surface area contributed by atoms with E-state index in [1.54, 1.807) is 0 Å². The van der Waals surface area contributed by atoms with Crippen LogP contribution in [0.25, 0.3) is 0 Å². The fraction of sp³-hybridized carbons (Fsp3) is 0.111. The molecule has 138 valence electrons. The van der Waals surface area contributed by atoms with Crippen LogP contribution in [0.5, 0.6) is 0 Å². The standard InChI is InChI=1S/C18H16N4O4S/c1-22(2)14-7-3-12(4-8-14)20-21-13-5-9-15(10-6-13)27(25,26)16-11-17(23)19-18(16)24/h3-11H,1-2H3,(H,19,23,24). The van der Waals surface area contributed by atoms with E-state index in [0.717, 1.165) is 11.8 Å². The molecule has 0 aliphatic carbocycles. The molecule has 0 fully saturated rings. The molecule has 0 saturated carbocycles. The summed E-state index contributed by atoms with van der Waals surface area (Å²) in [5, 5.41) is 10.1. The van der Waals surface area contributed by atoms with Crippen LogP contribution in [-0.4, -0.2) is 34.3 Å². The molecule has 0 bridgehead atoms. The molecule has 9 heteroatoms. The lowest BCUT2D eigenvalue weighted by Gasteiger charge is -2.11. The number of sulfone groups is 1. The van der Waals surface area contributed by atoms with Crippen LogP contribution < -0.4 is 10.2 Å². The number of nitrogens with one attached hydrogen (secondary N) is 1. The molecule has 0 atom stereocenters. The van der Waals surface area contributed by atoms with Crippen molar-refractivity contribution in [1.82, 2.24) is 5.32 Å². The number of carbonyl (C=O) groups excluding carboxylic acids is 2. The van der Waals surface area contributed by atoms with Gasteiger partial charge >= 0.3 is 0 Å². The Hall–Kier alpha value is -3.33. The van der Waals surface area contributed by atoms with E-state index < -0.39 is 26.6 Å².